The molecule has 0 bridgehead atoms. The van der Waals surface area contributed by atoms with Crippen LogP contribution in [0.1, 0.15) is 11.1 Å². The van der Waals surface area contributed by atoms with Gasteiger partial charge in [0.05, 0.1) is 0 Å². The van der Waals surface area contributed by atoms with Gasteiger partial charge < -0.3 is 0 Å². The SMILES string of the molecule is c1ccc2c(c1)Cc1c(-c3nc(-c4ccc5ccccc5c4)nc(-c4cccc5c4sc4ccccc45)n3)cccc1-2. The minimum Gasteiger partial charge on any atom is -0.208 e. The number of hydrogen-bond acceptors (Lipinski definition) is 4. The number of fused-ring (bicyclic) bond motifs is 7. The number of hydrogen-bond donors (Lipinski definition) is 0. The molecule has 0 radical (unpaired) electrons. The zero-order valence-corrected chi connectivity index (χ0v) is 23.4. The van der Waals surface area contributed by atoms with E-state index in [1.54, 1.807) is 11.3 Å². The number of benzene rings is 6. The smallest absolute Gasteiger partial charge is 0.165 e. The maximum atomic E-state index is 5.21. The first-order chi connectivity index (χ1) is 20.8. The van der Waals surface area contributed by atoms with Crippen LogP contribution < -0.4 is 0 Å². The topological polar surface area (TPSA) is 38.7 Å². The molecular formula is C38H23N3S. The third kappa shape index (κ3) is 3.62. The Hall–Kier alpha value is -5.19. The van der Waals surface area contributed by atoms with Crippen LogP contribution in [0.2, 0.25) is 0 Å². The fourth-order valence-electron chi connectivity index (χ4n) is 6.36. The fourth-order valence-corrected chi connectivity index (χ4v) is 7.58. The molecule has 0 atom stereocenters. The van der Waals surface area contributed by atoms with Gasteiger partial charge in [0.15, 0.2) is 17.5 Å². The second-order valence-electron chi connectivity index (χ2n) is 10.8. The van der Waals surface area contributed by atoms with E-state index < -0.39 is 0 Å². The summed E-state index contributed by atoms with van der Waals surface area (Å²) in [7, 11) is 0. The van der Waals surface area contributed by atoms with Gasteiger partial charge in [0.2, 0.25) is 0 Å². The van der Waals surface area contributed by atoms with E-state index >= 15 is 0 Å². The van der Waals surface area contributed by atoms with Gasteiger partial charge in [-0.2, -0.15) is 0 Å². The van der Waals surface area contributed by atoms with Gasteiger partial charge in [-0.3, -0.25) is 0 Å². The third-order valence-corrected chi connectivity index (χ3v) is 9.60. The summed E-state index contributed by atoms with van der Waals surface area (Å²) >= 11 is 1.80. The van der Waals surface area contributed by atoms with Crippen LogP contribution in [0.5, 0.6) is 0 Å². The Balaban J connectivity index is 1.30. The van der Waals surface area contributed by atoms with Gasteiger partial charge in [-0.15, -0.1) is 11.3 Å². The molecule has 0 unspecified atom stereocenters. The highest BCUT2D eigenvalue weighted by Gasteiger charge is 2.24. The molecule has 0 aliphatic heterocycles. The fraction of sp³-hybridized carbons (Fsp3) is 0.0263. The number of aromatic nitrogens is 3. The summed E-state index contributed by atoms with van der Waals surface area (Å²) in [5, 5.41) is 4.87. The van der Waals surface area contributed by atoms with Crippen LogP contribution in [-0.2, 0) is 6.42 Å². The first kappa shape index (κ1) is 23.5. The molecule has 4 heteroatoms. The van der Waals surface area contributed by atoms with Gasteiger partial charge in [-0.25, -0.2) is 15.0 Å². The first-order valence-corrected chi connectivity index (χ1v) is 15.0. The summed E-state index contributed by atoms with van der Waals surface area (Å²) in [5.41, 5.74) is 8.28. The van der Waals surface area contributed by atoms with Crippen molar-refractivity contribution < 1.29 is 0 Å². The number of thiophene rings is 1. The van der Waals surface area contributed by atoms with Crippen molar-refractivity contribution >= 4 is 42.3 Å². The molecule has 6 aromatic carbocycles. The van der Waals surface area contributed by atoms with Gasteiger partial charge in [0.25, 0.3) is 0 Å². The van der Waals surface area contributed by atoms with Crippen molar-refractivity contribution in [3.63, 3.8) is 0 Å². The predicted octanol–water partition coefficient (Wildman–Crippen LogP) is 9.96. The second-order valence-corrected chi connectivity index (χ2v) is 11.9. The second kappa shape index (κ2) is 9.16. The Kier molecular flexibility index (Phi) is 5.13. The zero-order chi connectivity index (χ0) is 27.6. The zero-order valence-electron chi connectivity index (χ0n) is 22.6. The van der Waals surface area contributed by atoms with E-state index in [0.29, 0.717) is 17.5 Å². The molecule has 1 aliphatic carbocycles. The van der Waals surface area contributed by atoms with Crippen LogP contribution in [0, 0.1) is 0 Å². The average Bonchev–Trinajstić information content (AvgIpc) is 3.63. The molecule has 0 amide bonds. The molecule has 2 aromatic heterocycles. The molecular weight excluding hydrogens is 531 g/mol. The lowest BCUT2D eigenvalue weighted by molar-refractivity contribution is 1.07. The maximum Gasteiger partial charge on any atom is 0.165 e. The lowest BCUT2D eigenvalue weighted by Gasteiger charge is -2.12. The van der Waals surface area contributed by atoms with E-state index in [1.807, 2.05) is 0 Å². The minimum absolute atomic E-state index is 0.687. The summed E-state index contributed by atoms with van der Waals surface area (Å²) in [5.74, 6) is 2.10. The minimum atomic E-state index is 0.687. The number of nitrogens with zero attached hydrogens (tertiary/aromatic N) is 3. The van der Waals surface area contributed by atoms with Gasteiger partial charge in [0, 0.05) is 36.9 Å². The standard InChI is InChI=1S/C38H23N3S/c1-2-10-24-21-26(20-19-23(24)9-1)36-39-37(31-16-7-14-28-27-12-4-3-11-25(27)22-33(28)31)41-38(40-36)32-17-8-15-30-29-13-5-6-18-34(29)42-35(30)32/h1-21H,22H2. The predicted molar refractivity (Wildman–Crippen MR) is 175 cm³/mol. The molecule has 0 saturated heterocycles. The summed E-state index contributed by atoms with van der Waals surface area (Å²) in [6.07, 6.45) is 0.875. The summed E-state index contributed by atoms with van der Waals surface area (Å²) in [6.45, 7) is 0. The molecule has 2 heterocycles. The van der Waals surface area contributed by atoms with E-state index in [0.717, 1.165) is 23.1 Å². The van der Waals surface area contributed by atoms with Crippen molar-refractivity contribution in [2.45, 2.75) is 6.42 Å². The highest BCUT2D eigenvalue weighted by molar-refractivity contribution is 7.26. The van der Waals surface area contributed by atoms with Crippen molar-refractivity contribution in [2.24, 2.45) is 0 Å². The van der Waals surface area contributed by atoms with E-state index in [1.165, 1.54) is 53.2 Å². The quantitative estimate of drug-likeness (QED) is 0.218. The molecule has 0 saturated carbocycles. The summed E-state index contributed by atoms with van der Waals surface area (Å²) < 4.78 is 2.47. The van der Waals surface area contributed by atoms with Crippen LogP contribution in [0.15, 0.2) is 127 Å². The van der Waals surface area contributed by atoms with E-state index in [4.69, 9.17) is 15.0 Å². The van der Waals surface area contributed by atoms with Crippen molar-refractivity contribution in [2.75, 3.05) is 0 Å². The summed E-state index contributed by atoms with van der Waals surface area (Å²) in [6, 6.07) is 45.1. The molecule has 0 spiro atoms. The molecule has 3 nitrogen and oxygen atoms in total. The number of rotatable bonds is 3. The molecule has 8 aromatic rings. The Morgan fingerprint density at radius 3 is 2.10 bits per heavy atom. The van der Waals surface area contributed by atoms with Crippen LogP contribution in [0.25, 0.3) is 76.2 Å². The molecule has 0 fully saturated rings. The lowest BCUT2D eigenvalue weighted by atomic mass is 10.0. The molecule has 9 rings (SSSR count). The van der Waals surface area contributed by atoms with E-state index in [9.17, 15) is 0 Å². The Labute approximate surface area is 246 Å². The van der Waals surface area contributed by atoms with Crippen molar-refractivity contribution in [1.82, 2.24) is 15.0 Å². The van der Waals surface area contributed by atoms with Gasteiger partial charge in [-0.1, -0.05) is 109 Å². The Bertz CT molecular complexity index is 2350. The third-order valence-electron chi connectivity index (χ3n) is 8.38. The van der Waals surface area contributed by atoms with Crippen LogP contribution in [0.4, 0.5) is 0 Å². The van der Waals surface area contributed by atoms with Crippen molar-refractivity contribution in [1.29, 1.82) is 0 Å². The highest BCUT2D eigenvalue weighted by atomic mass is 32.1. The molecule has 1 aliphatic rings. The van der Waals surface area contributed by atoms with Crippen LogP contribution in [-0.4, -0.2) is 15.0 Å². The molecule has 196 valence electrons. The van der Waals surface area contributed by atoms with Gasteiger partial charge in [0.1, 0.15) is 0 Å². The Morgan fingerprint density at radius 2 is 1.14 bits per heavy atom. The normalized spacial score (nSPS) is 12.2. The first-order valence-electron chi connectivity index (χ1n) is 14.2. The van der Waals surface area contributed by atoms with Crippen LogP contribution >= 0.6 is 11.3 Å². The highest BCUT2D eigenvalue weighted by Crippen LogP contribution is 2.42. The van der Waals surface area contributed by atoms with Crippen molar-refractivity contribution in [3.05, 3.63) is 139 Å². The van der Waals surface area contributed by atoms with E-state index in [2.05, 4.69) is 127 Å². The summed E-state index contributed by atoms with van der Waals surface area (Å²) in [4.78, 5) is 15.5. The molecule has 42 heavy (non-hydrogen) atoms. The van der Waals surface area contributed by atoms with Gasteiger partial charge in [-0.05, 0) is 57.6 Å². The lowest BCUT2D eigenvalue weighted by Crippen LogP contribution is -2.02. The monoisotopic (exact) mass is 553 g/mol. The maximum absolute atomic E-state index is 5.21. The Morgan fingerprint density at radius 1 is 0.476 bits per heavy atom. The van der Waals surface area contributed by atoms with Crippen molar-refractivity contribution in [3.8, 4) is 45.3 Å². The van der Waals surface area contributed by atoms with E-state index in [-0.39, 0.29) is 0 Å². The average molecular weight is 554 g/mol. The largest absolute Gasteiger partial charge is 0.208 e. The molecule has 0 N–H and O–H groups in total. The van der Waals surface area contributed by atoms with Gasteiger partial charge >= 0.3 is 0 Å². The van der Waals surface area contributed by atoms with Crippen LogP contribution in [0.3, 0.4) is 0 Å².